The lowest BCUT2D eigenvalue weighted by Crippen LogP contribution is -2.50. The lowest BCUT2D eigenvalue weighted by Gasteiger charge is -2.38. The number of carbonyl (C=O) groups is 2. The maximum absolute atomic E-state index is 14.3. The molecule has 0 radical (unpaired) electrons. The number of anilines is 1. The minimum atomic E-state index is -1.19. The predicted molar refractivity (Wildman–Crippen MR) is 143 cm³/mol. The van der Waals surface area contributed by atoms with Gasteiger partial charge in [0, 0.05) is 29.1 Å². The molecule has 3 aromatic rings. The number of benzene rings is 2. The summed E-state index contributed by atoms with van der Waals surface area (Å²) in [5, 5.41) is 17.1. The molecule has 3 fully saturated rings. The van der Waals surface area contributed by atoms with E-state index in [1.807, 2.05) is 0 Å². The number of aromatic carboxylic acids is 1. The number of rotatable bonds is 7. The Morgan fingerprint density at radius 2 is 1.79 bits per heavy atom. The predicted octanol–water partition coefficient (Wildman–Crippen LogP) is 7.11. The van der Waals surface area contributed by atoms with Gasteiger partial charge in [0.25, 0.3) is 0 Å². The van der Waals surface area contributed by atoms with Crippen LogP contribution in [0.25, 0.3) is 11.3 Å². The number of piperidine rings is 1. The Bertz CT molecular complexity index is 1410. The molecule has 2 amide bonds. The van der Waals surface area contributed by atoms with Crippen LogP contribution < -0.4 is 5.32 Å². The smallest absolute Gasteiger partial charge is 0.335 e. The molecule has 2 aliphatic heterocycles. The number of fused-ring (bicyclic) bond motifs is 2. The molecule has 2 bridgehead atoms. The minimum Gasteiger partial charge on any atom is -0.478 e. The van der Waals surface area contributed by atoms with Crippen molar-refractivity contribution >= 4 is 40.9 Å². The molecule has 1 saturated carbocycles. The van der Waals surface area contributed by atoms with E-state index in [9.17, 15) is 19.1 Å². The van der Waals surface area contributed by atoms with Gasteiger partial charge in [-0.05, 0) is 68.9 Å². The van der Waals surface area contributed by atoms with Gasteiger partial charge in [0.05, 0.1) is 34.0 Å². The lowest BCUT2D eigenvalue weighted by atomic mass is 9.99. The second-order valence-corrected chi connectivity index (χ2v) is 11.2. The van der Waals surface area contributed by atoms with Gasteiger partial charge in [0.1, 0.15) is 17.3 Å². The summed E-state index contributed by atoms with van der Waals surface area (Å²) in [6.07, 6.45) is 4.88. The van der Waals surface area contributed by atoms with Gasteiger partial charge in [-0.2, -0.15) is 0 Å². The van der Waals surface area contributed by atoms with Crippen molar-refractivity contribution in [2.75, 3.05) is 5.32 Å². The molecule has 3 heterocycles. The van der Waals surface area contributed by atoms with E-state index >= 15 is 0 Å². The summed E-state index contributed by atoms with van der Waals surface area (Å²) in [4.78, 5) is 26.1. The summed E-state index contributed by atoms with van der Waals surface area (Å²) in [7, 11) is 0. The number of carboxylic acids is 1. The number of halogens is 3. The van der Waals surface area contributed by atoms with Crippen molar-refractivity contribution in [3.63, 3.8) is 0 Å². The van der Waals surface area contributed by atoms with Crippen molar-refractivity contribution in [3.8, 4) is 11.3 Å². The van der Waals surface area contributed by atoms with Gasteiger partial charge in [-0.1, -0.05) is 34.4 Å². The molecule has 8 nitrogen and oxygen atoms in total. The van der Waals surface area contributed by atoms with Crippen LogP contribution >= 0.6 is 23.2 Å². The zero-order chi connectivity index (χ0) is 27.3. The SMILES string of the molecule is O=C(O)c1ccc(F)c(NC(=O)N2C3CCC2CC(OCc2c(-c4c(Cl)cccc4Cl)noc2C2CC2)C3)c1. The van der Waals surface area contributed by atoms with Crippen LogP contribution in [0.2, 0.25) is 10.0 Å². The van der Waals surface area contributed by atoms with Gasteiger partial charge in [-0.15, -0.1) is 0 Å². The van der Waals surface area contributed by atoms with Gasteiger partial charge in [0.2, 0.25) is 0 Å². The lowest BCUT2D eigenvalue weighted by molar-refractivity contribution is -0.0158. The number of carbonyl (C=O) groups excluding carboxylic acids is 1. The average molecular weight is 574 g/mol. The molecule has 6 rings (SSSR count). The monoisotopic (exact) mass is 573 g/mol. The zero-order valence-electron chi connectivity index (χ0n) is 20.8. The molecule has 1 aliphatic carbocycles. The molecular weight excluding hydrogens is 548 g/mol. The summed E-state index contributed by atoms with van der Waals surface area (Å²) in [6, 6.07) is 8.07. The van der Waals surface area contributed by atoms with E-state index in [-0.39, 0.29) is 36.0 Å². The highest BCUT2D eigenvalue weighted by molar-refractivity contribution is 6.39. The van der Waals surface area contributed by atoms with Crippen molar-refractivity contribution in [1.29, 1.82) is 0 Å². The quantitative estimate of drug-likeness (QED) is 0.312. The van der Waals surface area contributed by atoms with Crippen LogP contribution in [-0.2, 0) is 11.3 Å². The number of carboxylic acid groups (broad SMARTS) is 1. The topological polar surface area (TPSA) is 105 Å². The first-order valence-corrected chi connectivity index (χ1v) is 13.7. The van der Waals surface area contributed by atoms with Crippen LogP contribution in [0.1, 0.15) is 66.1 Å². The van der Waals surface area contributed by atoms with Gasteiger partial charge in [-0.3, -0.25) is 0 Å². The molecule has 2 atom stereocenters. The zero-order valence-corrected chi connectivity index (χ0v) is 22.3. The maximum atomic E-state index is 14.3. The Kier molecular flexibility index (Phi) is 6.99. The van der Waals surface area contributed by atoms with Crippen molar-refractivity contribution in [3.05, 3.63) is 69.1 Å². The van der Waals surface area contributed by atoms with Crippen LogP contribution in [0.3, 0.4) is 0 Å². The number of ether oxygens (including phenoxy) is 1. The highest BCUT2D eigenvalue weighted by Gasteiger charge is 2.44. The first-order chi connectivity index (χ1) is 18.8. The van der Waals surface area contributed by atoms with Crippen molar-refractivity contribution < 1.29 is 28.3 Å². The van der Waals surface area contributed by atoms with E-state index < -0.39 is 17.8 Å². The van der Waals surface area contributed by atoms with Crippen molar-refractivity contribution in [2.24, 2.45) is 0 Å². The standard InChI is InChI=1S/C28H26Cl2FN3O5/c29-20-2-1-3-21(30)24(20)25-19(26(39-33-25)14-4-5-14)13-38-18-11-16-7-8-17(12-18)34(16)28(37)32-23-10-15(27(35)36)6-9-22(23)31/h1-3,6,9-10,14,16-18H,4-5,7-8,11-13H2,(H,32,37)(H,35,36). The molecule has 11 heteroatoms. The Balaban J connectivity index is 1.15. The third-order valence-corrected chi connectivity index (χ3v) is 8.44. The second kappa shape index (κ2) is 10.4. The summed E-state index contributed by atoms with van der Waals surface area (Å²) < 4.78 is 26.4. The number of nitrogens with zero attached hydrogens (tertiary/aromatic N) is 2. The minimum absolute atomic E-state index is 0.0673. The Labute approximate surface area is 234 Å². The first kappa shape index (κ1) is 26.1. The van der Waals surface area contributed by atoms with Gasteiger partial charge >= 0.3 is 12.0 Å². The molecule has 39 heavy (non-hydrogen) atoms. The highest BCUT2D eigenvalue weighted by atomic mass is 35.5. The molecule has 0 spiro atoms. The summed E-state index contributed by atoms with van der Waals surface area (Å²) >= 11 is 12.9. The van der Waals surface area contributed by atoms with E-state index in [2.05, 4.69) is 10.5 Å². The van der Waals surface area contributed by atoms with Crippen molar-refractivity contribution in [2.45, 2.75) is 69.2 Å². The van der Waals surface area contributed by atoms with E-state index in [0.717, 1.165) is 55.2 Å². The molecule has 204 valence electrons. The number of urea groups is 1. The van der Waals surface area contributed by atoms with E-state index in [4.69, 9.17) is 32.5 Å². The van der Waals surface area contributed by atoms with Crippen LogP contribution in [0.5, 0.6) is 0 Å². The summed E-state index contributed by atoms with van der Waals surface area (Å²) in [6.45, 7) is 0.287. The van der Waals surface area contributed by atoms with Gasteiger partial charge < -0.3 is 24.6 Å². The Morgan fingerprint density at radius 1 is 1.10 bits per heavy atom. The second-order valence-electron chi connectivity index (χ2n) is 10.4. The van der Waals surface area contributed by atoms with Crippen LogP contribution in [0.15, 0.2) is 40.9 Å². The Hall–Kier alpha value is -3.14. The fourth-order valence-corrected chi connectivity index (χ4v) is 6.35. The molecular formula is C28H26Cl2FN3O5. The average Bonchev–Trinajstić information content (AvgIpc) is 3.60. The number of hydrogen-bond donors (Lipinski definition) is 2. The summed E-state index contributed by atoms with van der Waals surface area (Å²) in [5.74, 6) is -0.756. The molecule has 2 aromatic carbocycles. The number of aromatic nitrogens is 1. The van der Waals surface area contributed by atoms with E-state index in [1.165, 1.54) is 0 Å². The fraction of sp³-hybridized carbons (Fsp3) is 0.393. The normalized spacial score (nSPS) is 22.2. The Morgan fingerprint density at radius 3 is 2.44 bits per heavy atom. The number of nitrogens with one attached hydrogen (secondary N) is 1. The molecule has 2 unspecified atom stereocenters. The fourth-order valence-electron chi connectivity index (χ4n) is 5.78. The number of amides is 2. The largest absolute Gasteiger partial charge is 0.478 e. The molecule has 2 N–H and O–H groups in total. The third kappa shape index (κ3) is 5.11. The first-order valence-electron chi connectivity index (χ1n) is 13.0. The van der Waals surface area contributed by atoms with Gasteiger partial charge in [0.15, 0.2) is 0 Å². The summed E-state index contributed by atoms with van der Waals surface area (Å²) in [5.41, 5.74) is 1.83. The van der Waals surface area contributed by atoms with E-state index in [0.29, 0.717) is 40.1 Å². The third-order valence-electron chi connectivity index (χ3n) is 7.81. The van der Waals surface area contributed by atoms with E-state index in [1.54, 1.807) is 23.1 Å². The van der Waals surface area contributed by atoms with Crippen LogP contribution in [-0.4, -0.2) is 45.4 Å². The molecule has 1 aromatic heterocycles. The van der Waals surface area contributed by atoms with Gasteiger partial charge in [-0.25, -0.2) is 14.0 Å². The van der Waals surface area contributed by atoms with Crippen LogP contribution in [0, 0.1) is 5.82 Å². The number of hydrogen-bond acceptors (Lipinski definition) is 5. The maximum Gasteiger partial charge on any atom is 0.335 e. The molecule has 3 aliphatic rings. The van der Waals surface area contributed by atoms with Crippen LogP contribution in [0.4, 0.5) is 14.9 Å². The highest BCUT2D eigenvalue weighted by Crippen LogP contribution is 2.46. The molecule has 2 saturated heterocycles. The van der Waals surface area contributed by atoms with Crippen molar-refractivity contribution in [1.82, 2.24) is 10.1 Å².